The monoisotopic (exact) mass is 363 g/mol. The average Bonchev–Trinajstić information content (AvgIpc) is 2.62. The molecular formula is C18H21NO5S. The van der Waals surface area contributed by atoms with Crippen molar-refractivity contribution in [1.29, 1.82) is 0 Å². The molecule has 1 amide bonds. The van der Waals surface area contributed by atoms with E-state index in [0.717, 1.165) is 5.56 Å². The normalized spacial score (nSPS) is 35.1. The van der Waals surface area contributed by atoms with Gasteiger partial charge in [-0.3, -0.25) is 4.79 Å². The van der Waals surface area contributed by atoms with Crippen molar-refractivity contribution in [2.75, 3.05) is 6.54 Å². The smallest absolute Gasteiger partial charge is 0.264 e. The van der Waals surface area contributed by atoms with Gasteiger partial charge in [-0.2, -0.15) is 0 Å². The van der Waals surface area contributed by atoms with Gasteiger partial charge in [-0.1, -0.05) is 30.3 Å². The predicted octanol–water partition coefficient (Wildman–Crippen LogP) is 1.23. The minimum Gasteiger partial charge on any atom is -0.466 e. The van der Waals surface area contributed by atoms with Gasteiger partial charge in [0.2, 0.25) is 6.29 Å². The number of ether oxygens (including phenoxy) is 2. The number of rotatable bonds is 2. The van der Waals surface area contributed by atoms with Crippen molar-refractivity contribution in [3.8, 4) is 0 Å². The maximum absolute atomic E-state index is 12.9. The highest BCUT2D eigenvalue weighted by Gasteiger charge is 2.49. The van der Waals surface area contributed by atoms with Gasteiger partial charge in [-0.25, -0.2) is 0 Å². The second kappa shape index (κ2) is 6.64. The molecule has 2 N–H and O–H groups in total. The number of carbonyl (C=O) groups is 1. The zero-order chi connectivity index (χ0) is 17.6. The molecule has 4 rings (SSSR count). The van der Waals surface area contributed by atoms with Gasteiger partial charge < -0.3 is 24.6 Å². The fourth-order valence-electron chi connectivity index (χ4n) is 3.40. The molecule has 25 heavy (non-hydrogen) atoms. The van der Waals surface area contributed by atoms with Crippen LogP contribution in [0, 0.1) is 0 Å². The van der Waals surface area contributed by atoms with Crippen molar-refractivity contribution in [3.05, 3.63) is 46.6 Å². The molecule has 0 aliphatic carbocycles. The minimum atomic E-state index is -0.995. The Labute approximate surface area is 150 Å². The summed E-state index contributed by atoms with van der Waals surface area (Å²) in [4.78, 5) is 15.2. The lowest BCUT2D eigenvalue weighted by Crippen LogP contribution is -2.57. The maximum atomic E-state index is 12.9. The van der Waals surface area contributed by atoms with Gasteiger partial charge in [0.1, 0.15) is 28.1 Å². The summed E-state index contributed by atoms with van der Waals surface area (Å²) in [6, 6.07) is 9.85. The van der Waals surface area contributed by atoms with E-state index in [1.807, 2.05) is 30.3 Å². The molecule has 1 fully saturated rings. The minimum absolute atomic E-state index is 0.0890. The van der Waals surface area contributed by atoms with Crippen LogP contribution in [0.15, 0.2) is 41.0 Å². The number of nitrogens with zero attached hydrogens (tertiary/aromatic N) is 1. The standard InChI is InChI=1S/C18H21NO5S/c1-10-13(20)14(21)16-18(23-10)24-12-7-8-19(17(22)15(12)25-16)9-11-5-3-2-4-6-11/h2-6,10,13-14,16,18,20-21H,7-9H2,1H3. The number of hydrogen-bond acceptors (Lipinski definition) is 6. The maximum Gasteiger partial charge on any atom is 0.264 e. The Hall–Kier alpha value is -1.54. The molecule has 0 bridgehead atoms. The Bertz CT molecular complexity index is 694. The van der Waals surface area contributed by atoms with Gasteiger partial charge in [0.15, 0.2) is 0 Å². The quantitative estimate of drug-likeness (QED) is 0.823. The molecule has 3 heterocycles. The largest absolute Gasteiger partial charge is 0.466 e. The first-order valence-corrected chi connectivity index (χ1v) is 9.34. The highest BCUT2D eigenvalue weighted by molar-refractivity contribution is 8.04. The van der Waals surface area contributed by atoms with Gasteiger partial charge in [0.05, 0.1) is 6.10 Å². The summed E-state index contributed by atoms with van der Waals surface area (Å²) < 4.78 is 11.5. The second-order valence-electron chi connectivity index (χ2n) is 6.61. The van der Waals surface area contributed by atoms with Crippen molar-refractivity contribution < 1.29 is 24.5 Å². The third kappa shape index (κ3) is 3.06. The molecular weight excluding hydrogens is 342 g/mol. The van der Waals surface area contributed by atoms with Crippen LogP contribution in [0.2, 0.25) is 0 Å². The number of carbonyl (C=O) groups excluding carboxylic acids is 1. The fraction of sp³-hybridized carbons (Fsp3) is 0.500. The van der Waals surface area contributed by atoms with E-state index >= 15 is 0 Å². The SMILES string of the molecule is CC1OC2OC3=C(SC2C(O)C1O)C(=O)N(Cc1ccccc1)CC3. The Morgan fingerprint density at radius 3 is 2.76 bits per heavy atom. The number of thioether (sulfide) groups is 1. The lowest BCUT2D eigenvalue weighted by Gasteiger charge is -2.45. The van der Waals surface area contributed by atoms with Crippen LogP contribution >= 0.6 is 11.8 Å². The molecule has 1 aromatic carbocycles. The van der Waals surface area contributed by atoms with E-state index < -0.39 is 29.9 Å². The molecule has 0 saturated carbocycles. The van der Waals surface area contributed by atoms with Gasteiger partial charge >= 0.3 is 0 Å². The molecule has 6 nitrogen and oxygen atoms in total. The van der Waals surface area contributed by atoms with Crippen molar-refractivity contribution in [1.82, 2.24) is 4.90 Å². The first-order chi connectivity index (χ1) is 12.0. The van der Waals surface area contributed by atoms with E-state index in [0.29, 0.717) is 30.2 Å². The number of amides is 1. The van der Waals surface area contributed by atoms with Crippen molar-refractivity contribution >= 4 is 17.7 Å². The van der Waals surface area contributed by atoms with E-state index in [1.54, 1.807) is 11.8 Å². The van der Waals surface area contributed by atoms with Crippen LogP contribution in [0.1, 0.15) is 18.9 Å². The lowest BCUT2D eigenvalue weighted by molar-refractivity contribution is -0.231. The molecule has 1 saturated heterocycles. The van der Waals surface area contributed by atoms with Crippen molar-refractivity contribution in [3.63, 3.8) is 0 Å². The van der Waals surface area contributed by atoms with Crippen LogP contribution in [0.3, 0.4) is 0 Å². The predicted molar refractivity (Wildman–Crippen MR) is 92.3 cm³/mol. The average molecular weight is 363 g/mol. The number of benzene rings is 1. The molecule has 5 unspecified atom stereocenters. The molecule has 1 aromatic rings. The molecule has 0 spiro atoms. The zero-order valence-corrected chi connectivity index (χ0v) is 14.7. The van der Waals surface area contributed by atoms with Crippen LogP contribution in [-0.2, 0) is 20.8 Å². The van der Waals surface area contributed by atoms with Crippen LogP contribution in [0.5, 0.6) is 0 Å². The summed E-state index contributed by atoms with van der Waals surface area (Å²) in [6.45, 7) is 2.84. The van der Waals surface area contributed by atoms with E-state index in [4.69, 9.17) is 9.47 Å². The molecule has 5 atom stereocenters. The Balaban J connectivity index is 1.53. The van der Waals surface area contributed by atoms with Gasteiger partial charge in [-0.05, 0) is 12.5 Å². The third-order valence-corrected chi connectivity index (χ3v) is 6.27. The molecule has 0 aromatic heterocycles. The second-order valence-corrected chi connectivity index (χ2v) is 7.79. The molecule has 3 aliphatic rings. The molecule has 134 valence electrons. The Morgan fingerprint density at radius 2 is 2.00 bits per heavy atom. The topological polar surface area (TPSA) is 79.2 Å². The summed E-state index contributed by atoms with van der Waals surface area (Å²) in [5.41, 5.74) is 1.07. The van der Waals surface area contributed by atoms with E-state index in [-0.39, 0.29) is 5.91 Å². The summed E-state index contributed by atoms with van der Waals surface area (Å²) in [7, 11) is 0. The summed E-state index contributed by atoms with van der Waals surface area (Å²) in [5, 5.41) is 19.9. The van der Waals surface area contributed by atoms with E-state index in [1.165, 1.54) is 11.8 Å². The number of fused-ring (bicyclic) bond motifs is 1. The number of aliphatic hydroxyl groups excluding tert-OH is 2. The Kier molecular flexibility index (Phi) is 4.49. The van der Waals surface area contributed by atoms with E-state index in [2.05, 4.69) is 0 Å². The van der Waals surface area contributed by atoms with E-state index in [9.17, 15) is 15.0 Å². The summed E-state index contributed by atoms with van der Waals surface area (Å²) in [6.07, 6.45) is -2.50. The van der Waals surface area contributed by atoms with Gasteiger partial charge in [0, 0.05) is 19.5 Å². The summed E-state index contributed by atoms with van der Waals surface area (Å²) >= 11 is 1.26. The first kappa shape index (κ1) is 16.9. The van der Waals surface area contributed by atoms with Crippen LogP contribution in [0.4, 0.5) is 0 Å². The molecule has 3 aliphatic heterocycles. The number of hydrogen-bond donors (Lipinski definition) is 2. The highest BCUT2D eigenvalue weighted by Crippen LogP contribution is 2.44. The van der Waals surface area contributed by atoms with Gasteiger partial charge in [-0.15, -0.1) is 11.8 Å². The molecule has 0 radical (unpaired) electrons. The third-order valence-electron chi connectivity index (χ3n) is 4.86. The van der Waals surface area contributed by atoms with Crippen LogP contribution < -0.4 is 0 Å². The molecule has 7 heteroatoms. The lowest BCUT2D eigenvalue weighted by atomic mass is 10.0. The zero-order valence-electron chi connectivity index (χ0n) is 13.9. The van der Waals surface area contributed by atoms with Gasteiger partial charge in [0.25, 0.3) is 5.91 Å². The van der Waals surface area contributed by atoms with Crippen LogP contribution in [0.25, 0.3) is 0 Å². The van der Waals surface area contributed by atoms with Crippen LogP contribution in [-0.4, -0.2) is 57.4 Å². The highest BCUT2D eigenvalue weighted by atomic mass is 32.2. The summed E-state index contributed by atoms with van der Waals surface area (Å²) in [5.74, 6) is 0.546. The van der Waals surface area contributed by atoms with Crippen molar-refractivity contribution in [2.24, 2.45) is 0 Å². The number of aliphatic hydroxyl groups is 2. The fourth-order valence-corrected chi connectivity index (χ4v) is 4.71. The first-order valence-electron chi connectivity index (χ1n) is 8.46. The Morgan fingerprint density at radius 1 is 1.24 bits per heavy atom. The van der Waals surface area contributed by atoms with Crippen molar-refractivity contribution in [2.45, 2.75) is 49.7 Å².